The highest BCUT2D eigenvalue weighted by molar-refractivity contribution is 4.89. The van der Waals surface area contributed by atoms with Crippen LogP contribution in [0.4, 0.5) is 0 Å². The number of rotatable bonds is 1. The Kier molecular flexibility index (Phi) is 2.40. The van der Waals surface area contributed by atoms with E-state index < -0.39 is 0 Å². The predicted molar refractivity (Wildman–Crippen MR) is 50.1 cm³/mol. The zero-order valence-electron chi connectivity index (χ0n) is 8.25. The van der Waals surface area contributed by atoms with Crippen LogP contribution in [0.25, 0.3) is 0 Å². The van der Waals surface area contributed by atoms with Crippen LogP contribution in [-0.4, -0.2) is 12.2 Å². The Labute approximate surface area is 75.5 Å². The Balaban J connectivity index is 2.05. The molecular weight excluding hydrogens is 148 g/mol. The van der Waals surface area contributed by atoms with Crippen molar-refractivity contribution in [1.29, 1.82) is 0 Å². The van der Waals surface area contributed by atoms with Gasteiger partial charge in [-0.2, -0.15) is 0 Å². The van der Waals surface area contributed by atoms with E-state index in [1.54, 1.807) is 0 Å². The van der Waals surface area contributed by atoms with Gasteiger partial charge in [0.05, 0.1) is 12.2 Å². The molecule has 0 aromatic rings. The number of hydrogen-bond acceptors (Lipinski definition) is 1. The zero-order valence-corrected chi connectivity index (χ0v) is 8.25. The molecule has 1 saturated carbocycles. The first-order valence-corrected chi connectivity index (χ1v) is 5.48. The highest BCUT2D eigenvalue weighted by atomic mass is 16.5. The van der Waals surface area contributed by atoms with E-state index in [1.165, 1.54) is 32.1 Å². The number of hydrogen-bond donors (Lipinski definition) is 0. The first-order chi connectivity index (χ1) is 5.83. The summed E-state index contributed by atoms with van der Waals surface area (Å²) in [6.45, 7) is 4.56. The van der Waals surface area contributed by atoms with E-state index in [1.807, 2.05) is 0 Å². The van der Waals surface area contributed by atoms with Gasteiger partial charge < -0.3 is 4.74 Å². The molecule has 0 spiro atoms. The molecule has 1 saturated heterocycles. The predicted octanol–water partition coefficient (Wildman–Crippen LogP) is 2.99. The fourth-order valence-electron chi connectivity index (χ4n) is 3.14. The van der Waals surface area contributed by atoms with Crippen molar-refractivity contribution < 1.29 is 4.74 Å². The van der Waals surface area contributed by atoms with Crippen molar-refractivity contribution in [3.05, 3.63) is 0 Å². The minimum atomic E-state index is 0.531. The van der Waals surface area contributed by atoms with Crippen molar-refractivity contribution in [1.82, 2.24) is 0 Å². The fraction of sp³-hybridized carbons (Fsp3) is 1.00. The third-order valence-corrected chi connectivity index (χ3v) is 3.77. The van der Waals surface area contributed by atoms with Crippen LogP contribution >= 0.6 is 0 Å². The molecule has 1 aliphatic carbocycles. The van der Waals surface area contributed by atoms with Crippen LogP contribution in [0, 0.1) is 11.8 Å². The van der Waals surface area contributed by atoms with Gasteiger partial charge >= 0.3 is 0 Å². The van der Waals surface area contributed by atoms with Gasteiger partial charge in [0.15, 0.2) is 0 Å². The molecule has 1 heteroatoms. The molecule has 0 N–H and O–H groups in total. The highest BCUT2D eigenvalue weighted by Crippen LogP contribution is 2.42. The summed E-state index contributed by atoms with van der Waals surface area (Å²) in [6.07, 6.45) is 8.04. The third kappa shape index (κ3) is 1.28. The lowest BCUT2D eigenvalue weighted by atomic mass is 9.77. The molecule has 2 aliphatic rings. The SMILES string of the molecule is CCC1C(C)OC2CCCCC21. The van der Waals surface area contributed by atoms with Gasteiger partial charge in [-0.05, 0) is 31.6 Å². The van der Waals surface area contributed by atoms with Crippen molar-refractivity contribution >= 4 is 0 Å². The van der Waals surface area contributed by atoms with E-state index in [0.717, 1.165) is 11.8 Å². The molecule has 1 heterocycles. The minimum Gasteiger partial charge on any atom is -0.375 e. The summed E-state index contributed by atoms with van der Waals surface area (Å²) in [4.78, 5) is 0. The van der Waals surface area contributed by atoms with E-state index in [0.29, 0.717) is 12.2 Å². The summed E-state index contributed by atoms with van der Waals surface area (Å²) < 4.78 is 5.97. The van der Waals surface area contributed by atoms with Crippen LogP contribution < -0.4 is 0 Å². The Bertz CT molecular complexity index is 155. The highest BCUT2D eigenvalue weighted by Gasteiger charge is 2.41. The molecule has 0 aromatic heterocycles. The summed E-state index contributed by atoms with van der Waals surface area (Å²) in [7, 11) is 0. The van der Waals surface area contributed by atoms with Gasteiger partial charge in [-0.15, -0.1) is 0 Å². The standard InChI is InChI=1S/C11H20O/c1-3-9-8(2)12-11-7-5-4-6-10(9)11/h8-11H,3-7H2,1-2H3. The van der Waals surface area contributed by atoms with Crippen LogP contribution in [0.5, 0.6) is 0 Å². The lowest BCUT2D eigenvalue weighted by Crippen LogP contribution is -2.24. The molecule has 12 heavy (non-hydrogen) atoms. The molecule has 2 rings (SSSR count). The molecule has 0 amide bonds. The van der Waals surface area contributed by atoms with E-state index in [4.69, 9.17) is 4.74 Å². The van der Waals surface area contributed by atoms with Crippen LogP contribution in [0.1, 0.15) is 46.0 Å². The van der Waals surface area contributed by atoms with Crippen LogP contribution in [0.3, 0.4) is 0 Å². The largest absolute Gasteiger partial charge is 0.375 e. The zero-order chi connectivity index (χ0) is 8.55. The lowest BCUT2D eigenvalue weighted by molar-refractivity contribution is 0.0246. The molecule has 0 aromatic carbocycles. The lowest BCUT2D eigenvalue weighted by Gasteiger charge is -2.26. The van der Waals surface area contributed by atoms with Crippen LogP contribution in [-0.2, 0) is 4.74 Å². The van der Waals surface area contributed by atoms with E-state index in [-0.39, 0.29) is 0 Å². The van der Waals surface area contributed by atoms with Crippen LogP contribution in [0.15, 0.2) is 0 Å². The summed E-state index contributed by atoms with van der Waals surface area (Å²) >= 11 is 0. The normalized spacial score (nSPS) is 47.5. The minimum absolute atomic E-state index is 0.531. The number of fused-ring (bicyclic) bond motifs is 1. The van der Waals surface area contributed by atoms with E-state index in [9.17, 15) is 0 Å². The van der Waals surface area contributed by atoms with E-state index in [2.05, 4.69) is 13.8 Å². The molecule has 1 aliphatic heterocycles. The molecule has 0 bridgehead atoms. The molecule has 4 atom stereocenters. The molecule has 1 nitrogen and oxygen atoms in total. The molecular formula is C11H20O. The summed E-state index contributed by atoms with van der Waals surface area (Å²) in [5.41, 5.74) is 0. The second kappa shape index (κ2) is 3.37. The first kappa shape index (κ1) is 8.55. The van der Waals surface area contributed by atoms with Crippen molar-refractivity contribution in [3.63, 3.8) is 0 Å². The molecule has 70 valence electrons. The second-order valence-electron chi connectivity index (χ2n) is 4.40. The maximum atomic E-state index is 5.97. The fourth-order valence-corrected chi connectivity index (χ4v) is 3.14. The second-order valence-corrected chi connectivity index (χ2v) is 4.40. The van der Waals surface area contributed by atoms with Crippen LogP contribution in [0.2, 0.25) is 0 Å². The van der Waals surface area contributed by atoms with Gasteiger partial charge in [0, 0.05) is 0 Å². The molecule has 2 fully saturated rings. The number of ether oxygens (including phenoxy) is 1. The van der Waals surface area contributed by atoms with Crippen molar-refractivity contribution in [3.8, 4) is 0 Å². The Morgan fingerprint density at radius 2 is 2.00 bits per heavy atom. The maximum absolute atomic E-state index is 5.97. The van der Waals surface area contributed by atoms with Crippen molar-refractivity contribution in [2.75, 3.05) is 0 Å². The average molecular weight is 168 g/mol. The van der Waals surface area contributed by atoms with Gasteiger partial charge in [0.2, 0.25) is 0 Å². The molecule has 4 unspecified atom stereocenters. The average Bonchev–Trinajstić information content (AvgIpc) is 2.40. The smallest absolute Gasteiger partial charge is 0.0610 e. The summed E-state index contributed by atoms with van der Waals surface area (Å²) in [5, 5.41) is 0. The van der Waals surface area contributed by atoms with Gasteiger partial charge in [-0.3, -0.25) is 0 Å². The monoisotopic (exact) mass is 168 g/mol. The maximum Gasteiger partial charge on any atom is 0.0610 e. The Morgan fingerprint density at radius 1 is 1.25 bits per heavy atom. The van der Waals surface area contributed by atoms with Gasteiger partial charge in [-0.1, -0.05) is 26.2 Å². The Hall–Kier alpha value is -0.0400. The van der Waals surface area contributed by atoms with Gasteiger partial charge in [0.1, 0.15) is 0 Å². The van der Waals surface area contributed by atoms with Gasteiger partial charge in [0.25, 0.3) is 0 Å². The third-order valence-electron chi connectivity index (χ3n) is 3.77. The van der Waals surface area contributed by atoms with Gasteiger partial charge in [-0.25, -0.2) is 0 Å². The Morgan fingerprint density at radius 3 is 2.75 bits per heavy atom. The van der Waals surface area contributed by atoms with Crippen molar-refractivity contribution in [2.24, 2.45) is 11.8 Å². The van der Waals surface area contributed by atoms with Crippen molar-refractivity contribution in [2.45, 2.75) is 58.2 Å². The summed E-state index contributed by atoms with van der Waals surface area (Å²) in [6, 6.07) is 0. The topological polar surface area (TPSA) is 9.23 Å². The quantitative estimate of drug-likeness (QED) is 0.585. The molecule has 0 radical (unpaired) electrons. The first-order valence-electron chi connectivity index (χ1n) is 5.48. The summed E-state index contributed by atoms with van der Waals surface area (Å²) in [5.74, 6) is 1.76. The van der Waals surface area contributed by atoms with E-state index >= 15 is 0 Å².